The van der Waals surface area contributed by atoms with E-state index in [-0.39, 0.29) is 12.3 Å². The van der Waals surface area contributed by atoms with Crippen LogP contribution in [0.2, 0.25) is 0 Å². The van der Waals surface area contributed by atoms with Crippen LogP contribution in [0.25, 0.3) is 0 Å². The Kier molecular flexibility index (Phi) is 4.66. The van der Waals surface area contributed by atoms with E-state index >= 15 is 0 Å². The van der Waals surface area contributed by atoms with Gasteiger partial charge in [0.25, 0.3) is 0 Å². The maximum atomic E-state index is 11.4. The lowest BCUT2D eigenvalue weighted by molar-refractivity contribution is -0.149. The second-order valence-corrected chi connectivity index (χ2v) is 3.81. The fourth-order valence-electron chi connectivity index (χ4n) is 1.38. The summed E-state index contributed by atoms with van der Waals surface area (Å²) in [6, 6.07) is 5.83. The highest BCUT2D eigenvalue weighted by Crippen LogP contribution is 2.11. The summed E-state index contributed by atoms with van der Waals surface area (Å²) in [6.45, 7) is 3.32. The number of hydrogen-bond donors (Lipinski definition) is 2. The molecule has 0 radical (unpaired) electrons. The van der Waals surface area contributed by atoms with E-state index in [1.165, 1.54) is 0 Å². The summed E-state index contributed by atoms with van der Waals surface area (Å²) < 4.78 is 0. The van der Waals surface area contributed by atoms with E-state index in [0.29, 0.717) is 0 Å². The van der Waals surface area contributed by atoms with Crippen LogP contribution in [-0.4, -0.2) is 23.6 Å². The Hall–Kier alpha value is -1.88. The zero-order valence-corrected chi connectivity index (χ0v) is 9.82. The van der Waals surface area contributed by atoms with Gasteiger partial charge in [0, 0.05) is 0 Å². The monoisotopic (exact) mass is 237 g/mol. The molecule has 0 bridgehead atoms. The van der Waals surface area contributed by atoms with Gasteiger partial charge in [0.2, 0.25) is 5.91 Å². The average Bonchev–Trinajstić information content (AvgIpc) is 2.23. The molecule has 1 aromatic rings. The highest BCUT2D eigenvalue weighted by atomic mass is 16.7. The summed E-state index contributed by atoms with van der Waals surface area (Å²) in [6.07, 6.45) is 0.174. The average molecular weight is 237 g/mol. The molecule has 0 atom stereocenters. The van der Waals surface area contributed by atoms with E-state index in [2.05, 4.69) is 10.3 Å². The summed E-state index contributed by atoms with van der Waals surface area (Å²) in [5.74, 6) is -1.49. The molecule has 0 saturated carbocycles. The molecule has 0 heterocycles. The number of amides is 1. The van der Waals surface area contributed by atoms with Gasteiger partial charge in [0.1, 0.15) is 0 Å². The lowest BCUT2D eigenvalue weighted by Gasteiger charge is -2.07. The fraction of sp³-hybridized carbons (Fsp3) is 0.333. The Balaban J connectivity index is 2.50. The summed E-state index contributed by atoms with van der Waals surface area (Å²) in [5, 5.41) is 8.32. The highest BCUT2D eigenvalue weighted by molar-refractivity contribution is 5.78. The van der Waals surface area contributed by atoms with Crippen molar-refractivity contribution < 1.29 is 19.5 Å². The van der Waals surface area contributed by atoms with Crippen molar-refractivity contribution >= 4 is 11.9 Å². The van der Waals surface area contributed by atoms with Crippen LogP contribution in [0.1, 0.15) is 16.7 Å². The molecule has 0 saturated heterocycles. The van der Waals surface area contributed by atoms with Crippen molar-refractivity contribution in [3.8, 4) is 0 Å². The molecule has 0 fully saturated rings. The molecule has 0 aliphatic rings. The normalized spacial score (nSPS) is 10.0. The Morgan fingerprint density at radius 2 is 2.06 bits per heavy atom. The topological polar surface area (TPSA) is 75.6 Å². The molecule has 1 amide bonds. The minimum atomic E-state index is -1.13. The van der Waals surface area contributed by atoms with Gasteiger partial charge in [-0.3, -0.25) is 9.63 Å². The van der Waals surface area contributed by atoms with Gasteiger partial charge in [-0.2, -0.15) is 0 Å². The molecule has 92 valence electrons. The van der Waals surface area contributed by atoms with Gasteiger partial charge >= 0.3 is 5.97 Å². The van der Waals surface area contributed by atoms with Crippen molar-refractivity contribution in [2.45, 2.75) is 20.3 Å². The molecule has 2 N–H and O–H groups in total. The Morgan fingerprint density at radius 1 is 1.35 bits per heavy atom. The third-order valence-electron chi connectivity index (χ3n) is 2.24. The maximum Gasteiger partial charge on any atom is 0.332 e. The summed E-state index contributed by atoms with van der Waals surface area (Å²) >= 11 is 0. The fourth-order valence-corrected chi connectivity index (χ4v) is 1.38. The first kappa shape index (κ1) is 13.2. The first-order chi connectivity index (χ1) is 7.99. The molecule has 17 heavy (non-hydrogen) atoms. The molecule has 0 unspecified atom stereocenters. The smallest absolute Gasteiger partial charge is 0.332 e. The van der Waals surface area contributed by atoms with E-state index < -0.39 is 12.6 Å². The highest BCUT2D eigenvalue weighted by Gasteiger charge is 2.07. The number of carbonyl (C=O) groups excluding carboxylic acids is 1. The predicted molar refractivity (Wildman–Crippen MR) is 61.4 cm³/mol. The Labute approximate surface area is 99.4 Å². The number of hydrogen-bond acceptors (Lipinski definition) is 3. The van der Waals surface area contributed by atoms with E-state index in [4.69, 9.17) is 5.11 Å². The number of carboxylic acids is 1. The molecular formula is C12H15NO4. The van der Waals surface area contributed by atoms with Gasteiger partial charge in [0.15, 0.2) is 6.61 Å². The third-order valence-corrected chi connectivity index (χ3v) is 2.24. The van der Waals surface area contributed by atoms with Crippen molar-refractivity contribution in [1.29, 1.82) is 0 Å². The molecule has 1 aromatic carbocycles. The van der Waals surface area contributed by atoms with Crippen molar-refractivity contribution in [1.82, 2.24) is 5.48 Å². The van der Waals surface area contributed by atoms with Crippen LogP contribution in [0, 0.1) is 13.8 Å². The molecular weight excluding hydrogens is 222 g/mol. The van der Waals surface area contributed by atoms with Crippen LogP contribution in [0.4, 0.5) is 0 Å². The molecule has 0 aromatic heterocycles. The van der Waals surface area contributed by atoms with Crippen LogP contribution in [0.5, 0.6) is 0 Å². The van der Waals surface area contributed by atoms with Gasteiger partial charge in [-0.05, 0) is 25.0 Å². The first-order valence-corrected chi connectivity index (χ1v) is 5.17. The number of aryl methyl sites for hydroxylation is 2. The summed E-state index contributed by atoms with van der Waals surface area (Å²) in [5.41, 5.74) is 5.09. The Morgan fingerprint density at radius 3 is 2.71 bits per heavy atom. The van der Waals surface area contributed by atoms with E-state index in [9.17, 15) is 9.59 Å². The summed E-state index contributed by atoms with van der Waals surface area (Å²) in [7, 11) is 0. The lowest BCUT2D eigenvalue weighted by Crippen LogP contribution is -2.28. The quantitative estimate of drug-likeness (QED) is 0.748. The van der Waals surface area contributed by atoms with Crippen LogP contribution < -0.4 is 5.48 Å². The Bertz CT molecular complexity index is 429. The minimum Gasteiger partial charge on any atom is -0.479 e. The molecule has 5 heteroatoms. The van der Waals surface area contributed by atoms with Crippen LogP contribution >= 0.6 is 0 Å². The van der Waals surface area contributed by atoms with Crippen LogP contribution in [0.15, 0.2) is 18.2 Å². The number of carboxylic acid groups (broad SMARTS) is 1. The summed E-state index contributed by atoms with van der Waals surface area (Å²) in [4.78, 5) is 26.1. The molecule has 1 rings (SSSR count). The maximum absolute atomic E-state index is 11.4. The van der Waals surface area contributed by atoms with Crippen LogP contribution in [-0.2, 0) is 20.8 Å². The number of rotatable bonds is 5. The molecule has 5 nitrogen and oxygen atoms in total. The zero-order valence-electron chi connectivity index (χ0n) is 9.82. The number of nitrogens with one attached hydrogen (secondary N) is 1. The van der Waals surface area contributed by atoms with Gasteiger partial charge in [-0.15, -0.1) is 0 Å². The molecule has 0 aliphatic heterocycles. The van der Waals surface area contributed by atoms with E-state index in [0.717, 1.165) is 16.7 Å². The zero-order chi connectivity index (χ0) is 12.8. The largest absolute Gasteiger partial charge is 0.479 e. The van der Waals surface area contributed by atoms with Gasteiger partial charge in [-0.25, -0.2) is 10.3 Å². The van der Waals surface area contributed by atoms with Crippen molar-refractivity contribution in [3.05, 3.63) is 34.9 Å². The predicted octanol–water partition coefficient (Wildman–Crippen LogP) is 0.978. The standard InChI is InChI=1S/C12H15NO4/c1-8-3-4-9(2)10(5-8)6-11(14)13-17-7-12(15)16/h3-5H,6-7H2,1-2H3,(H,13,14)(H,15,16). The number of benzene rings is 1. The van der Waals surface area contributed by atoms with Gasteiger partial charge < -0.3 is 5.11 Å². The first-order valence-electron chi connectivity index (χ1n) is 5.17. The number of carbonyl (C=O) groups is 2. The number of aliphatic carboxylic acids is 1. The number of hydroxylamine groups is 1. The second kappa shape index (κ2) is 6.00. The molecule has 0 spiro atoms. The minimum absolute atomic E-state index is 0.174. The SMILES string of the molecule is Cc1ccc(C)c(CC(=O)NOCC(=O)O)c1. The van der Waals surface area contributed by atoms with E-state index in [1.807, 2.05) is 32.0 Å². The van der Waals surface area contributed by atoms with E-state index in [1.54, 1.807) is 0 Å². The second-order valence-electron chi connectivity index (χ2n) is 3.81. The van der Waals surface area contributed by atoms with Gasteiger partial charge in [-0.1, -0.05) is 23.8 Å². The van der Waals surface area contributed by atoms with Crippen molar-refractivity contribution in [3.63, 3.8) is 0 Å². The van der Waals surface area contributed by atoms with Crippen molar-refractivity contribution in [2.75, 3.05) is 6.61 Å². The van der Waals surface area contributed by atoms with Crippen LogP contribution in [0.3, 0.4) is 0 Å². The lowest BCUT2D eigenvalue weighted by atomic mass is 10.0. The molecule has 0 aliphatic carbocycles. The third kappa shape index (κ3) is 4.65. The van der Waals surface area contributed by atoms with Gasteiger partial charge in [0.05, 0.1) is 6.42 Å². The van der Waals surface area contributed by atoms with Crippen molar-refractivity contribution in [2.24, 2.45) is 0 Å².